The number of methoxy groups -OCH3 is 1. The molecule has 0 heterocycles. The quantitative estimate of drug-likeness (QED) is 0.536. The minimum Gasteiger partial charge on any atom is -0.480 e. The fourth-order valence-corrected chi connectivity index (χ4v) is 3.98. The van der Waals surface area contributed by atoms with Crippen LogP contribution >= 0.6 is 0 Å². The van der Waals surface area contributed by atoms with Crippen LogP contribution in [0.4, 0.5) is 4.79 Å². The van der Waals surface area contributed by atoms with Crippen molar-refractivity contribution in [2.75, 3.05) is 13.7 Å². The van der Waals surface area contributed by atoms with E-state index in [4.69, 9.17) is 9.47 Å². The molecule has 1 aliphatic carbocycles. The minimum atomic E-state index is -1.36. The average molecular weight is 455 g/mol. The Kier molecular flexibility index (Phi) is 7.38. The molecule has 0 spiro atoms. The largest absolute Gasteiger partial charge is 0.480 e. The molecule has 2 amide bonds. The van der Waals surface area contributed by atoms with E-state index in [9.17, 15) is 19.5 Å². The van der Waals surface area contributed by atoms with Gasteiger partial charge in [-0.3, -0.25) is 4.79 Å². The van der Waals surface area contributed by atoms with Gasteiger partial charge in [0.05, 0.1) is 6.10 Å². The Hall–Kier alpha value is -3.39. The van der Waals surface area contributed by atoms with Crippen molar-refractivity contribution >= 4 is 18.0 Å². The smallest absolute Gasteiger partial charge is 0.408 e. The van der Waals surface area contributed by atoms with Gasteiger partial charge >= 0.3 is 12.1 Å². The number of nitrogens with one attached hydrogen (secondary N) is 2. The number of carboxylic acid groups (broad SMARTS) is 1. The van der Waals surface area contributed by atoms with Gasteiger partial charge in [0.2, 0.25) is 5.91 Å². The maximum atomic E-state index is 12.9. The van der Waals surface area contributed by atoms with Gasteiger partial charge in [0, 0.05) is 13.0 Å². The summed E-state index contributed by atoms with van der Waals surface area (Å²) in [5.74, 6) is -1.96. The summed E-state index contributed by atoms with van der Waals surface area (Å²) in [7, 11) is 1.36. The third kappa shape index (κ3) is 5.01. The molecule has 2 aromatic carbocycles. The highest BCUT2D eigenvalue weighted by Crippen LogP contribution is 2.44. The number of carbonyl (C=O) groups excluding carboxylic acids is 2. The molecule has 0 aromatic heterocycles. The van der Waals surface area contributed by atoms with Crippen LogP contribution in [0.3, 0.4) is 0 Å². The molecule has 33 heavy (non-hydrogen) atoms. The third-order valence-electron chi connectivity index (χ3n) is 6.32. The van der Waals surface area contributed by atoms with Crippen LogP contribution in [0.2, 0.25) is 0 Å². The molecule has 0 saturated heterocycles. The summed E-state index contributed by atoms with van der Waals surface area (Å²) in [6.07, 6.45) is -1.26. The maximum absolute atomic E-state index is 12.9. The van der Waals surface area contributed by atoms with E-state index in [1.54, 1.807) is 13.8 Å². The zero-order chi connectivity index (χ0) is 24.2. The van der Waals surface area contributed by atoms with Gasteiger partial charge in [-0.1, -0.05) is 55.5 Å². The van der Waals surface area contributed by atoms with Gasteiger partial charge in [0.15, 0.2) is 6.04 Å². The van der Waals surface area contributed by atoms with Crippen molar-refractivity contribution in [3.63, 3.8) is 0 Å². The Bertz CT molecular complexity index is 994. The molecule has 0 aliphatic heterocycles. The number of amides is 2. The number of alkyl carbamates (subject to hydrolysis) is 1. The SMILES string of the molecule is CCC(C)(NC(=O)OCC1c2ccccc2-c2ccccc21)C(=O)N[C@H](C(=O)O)[C@@H](C)OC. The maximum Gasteiger partial charge on any atom is 0.408 e. The first-order chi connectivity index (χ1) is 15.7. The standard InChI is InChI=1S/C25H30N2O6/c1-5-25(3,23(30)26-21(22(28)29)15(2)32-4)27-24(31)33-14-20-18-12-8-6-10-16(18)17-11-7-9-13-19(17)20/h6-13,15,20-21H,5,14H2,1-4H3,(H,26,30)(H,27,31)(H,28,29)/t15-,21+,25?/m1/s1. The molecular weight excluding hydrogens is 424 g/mol. The first kappa shape index (κ1) is 24.3. The first-order valence-electron chi connectivity index (χ1n) is 10.9. The molecule has 3 rings (SSSR count). The summed E-state index contributed by atoms with van der Waals surface area (Å²) in [4.78, 5) is 37.0. The minimum absolute atomic E-state index is 0.108. The fourth-order valence-electron chi connectivity index (χ4n) is 3.98. The van der Waals surface area contributed by atoms with Crippen LogP contribution in [0.25, 0.3) is 11.1 Å². The lowest BCUT2D eigenvalue weighted by atomic mass is 9.97. The molecular formula is C25H30N2O6. The van der Waals surface area contributed by atoms with Crippen LogP contribution < -0.4 is 10.6 Å². The molecule has 0 radical (unpaired) electrons. The average Bonchev–Trinajstić information content (AvgIpc) is 3.14. The fraction of sp³-hybridized carbons (Fsp3) is 0.400. The summed E-state index contributed by atoms with van der Waals surface area (Å²) in [5, 5.41) is 14.5. The van der Waals surface area contributed by atoms with Gasteiger partial charge in [-0.05, 0) is 42.5 Å². The van der Waals surface area contributed by atoms with Crippen molar-refractivity contribution in [3.8, 4) is 11.1 Å². The molecule has 0 bridgehead atoms. The number of hydrogen-bond acceptors (Lipinski definition) is 5. The van der Waals surface area contributed by atoms with E-state index in [0.717, 1.165) is 22.3 Å². The Balaban J connectivity index is 1.68. The molecule has 8 nitrogen and oxygen atoms in total. The zero-order valence-corrected chi connectivity index (χ0v) is 19.3. The van der Waals surface area contributed by atoms with Crippen molar-refractivity contribution in [3.05, 3.63) is 59.7 Å². The second kappa shape index (κ2) is 10.0. The number of carbonyl (C=O) groups is 3. The Morgan fingerprint density at radius 2 is 1.61 bits per heavy atom. The normalized spacial score (nSPS) is 16.0. The van der Waals surface area contributed by atoms with Crippen LogP contribution in [0.1, 0.15) is 44.2 Å². The van der Waals surface area contributed by atoms with Crippen molar-refractivity contribution in [2.45, 2.75) is 50.8 Å². The number of benzene rings is 2. The van der Waals surface area contributed by atoms with Crippen molar-refractivity contribution < 1.29 is 29.0 Å². The molecule has 3 N–H and O–H groups in total. The number of rotatable bonds is 9. The van der Waals surface area contributed by atoms with Crippen LogP contribution in [0, 0.1) is 0 Å². The lowest BCUT2D eigenvalue weighted by Crippen LogP contribution is -2.61. The Labute approximate surface area is 193 Å². The highest BCUT2D eigenvalue weighted by Gasteiger charge is 2.38. The Morgan fingerprint density at radius 1 is 1.06 bits per heavy atom. The van der Waals surface area contributed by atoms with Crippen molar-refractivity contribution in [2.24, 2.45) is 0 Å². The second-order valence-corrected chi connectivity index (χ2v) is 8.37. The molecule has 0 fully saturated rings. The van der Waals surface area contributed by atoms with E-state index < -0.39 is 35.7 Å². The predicted molar refractivity (Wildman–Crippen MR) is 123 cm³/mol. The van der Waals surface area contributed by atoms with E-state index in [1.165, 1.54) is 14.0 Å². The molecule has 1 aliphatic rings. The number of fused-ring (bicyclic) bond motifs is 3. The highest BCUT2D eigenvalue weighted by molar-refractivity contribution is 5.92. The monoisotopic (exact) mass is 454 g/mol. The summed E-state index contributed by atoms with van der Waals surface area (Å²) >= 11 is 0. The molecule has 3 atom stereocenters. The van der Waals surface area contributed by atoms with Gasteiger partial charge in [0.1, 0.15) is 12.1 Å². The van der Waals surface area contributed by atoms with E-state index in [0.29, 0.717) is 0 Å². The molecule has 0 saturated carbocycles. The van der Waals surface area contributed by atoms with Gasteiger partial charge < -0.3 is 25.2 Å². The number of hydrogen-bond donors (Lipinski definition) is 3. The van der Waals surface area contributed by atoms with E-state index in [1.807, 2.05) is 48.5 Å². The molecule has 176 valence electrons. The summed E-state index contributed by atoms with van der Waals surface area (Å²) in [6, 6.07) is 14.8. The van der Waals surface area contributed by atoms with Crippen LogP contribution in [0.5, 0.6) is 0 Å². The van der Waals surface area contributed by atoms with E-state index >= 15 is 0 Å². The lowest BCUT2D eigenvalue weighted by Gasteiger charge is -2.30. The highest BCUT2D eigenvalue weighted by atomic mass is 16.5. The zero-order valence-electron chi connectivity index (χ0n) is 19.3. The molecule has 8 heteroatoms. The number of aliphatic carboxylic acids is 1. The van der Waals surface area contributed by atoms with Crippen LogP contribution in [0.15, 0.2) is 48.5 Å². The van der Waals surface area contributed by atoms with E-state index in [-0.39, 0.29) is 18.9 Å². The van der Waals surface area contributed by atoms with Crippen LogP contribution in [-0.2, 0) is 19.1 Å². The van der Waals surface area contributed by atoms with Gasteiger partial charge in [-0.25, -0.2) is 9.59 Å². The van der Waals surface area contributed by atoms with Crippen LogP contribution in [-0.4, -0.2) is 54.5 Å². The topological polar surface area (TPSA) is 114 Å². The third-order valence-corrected chi connectivity index (χ3v) is 6.32. The number of carboxylic acids is 1. The van der Waals surface area contributed by atoms with Gasteiger partial charge in [-0.2, -0.15) is 0 Å². The van der Waals surface area contributed by atoms with Crippen molar-refractivity contribution in [1.29, 1.82) is 0 Å². The second-order valence-electron chi connectivity index (χ2n) is 8.37. The summed E-state index contributed by atoms with van der Waals surface area (Å²) in [5.41, 5.74) is 3.04. The Morgan fingerprint density at radius 3 is 2.09 bits per heavy atom. The first-order valence-corrected chi connectivity index (χ1v) is 10.9. The van der Waals surface area contributed by atoms with Gasteiger partial charge in [-0.15, -0.1) is 0 Å². The predicted octanol–water partition coefficient (Wildman–Crippen LogP) is 3.30. The van der Waals surface area contributed by atoms with Gasteiger partial charge in [0.25, 0.3) is 0 Å². The van der Waals surface area contributed by atoms with E-state index in [2.05, 4.69) is 10.6 Å². The summed E-state index contributed by atoms with van der Waals surface area (Å²) in [6.45, 7) is 4.90. The summed E-state index contributed by atoms with van der Waals surface area (Å²) < 4.78 is 10.6. The molecule has 1 unspecified atom stereocenters. The number of ether oxygens (including phenoxy) is 2. The lowest BCUT2D eigenvalue weighted by molar-refractivity contribution is -0.146. The molecule has 2 aromatic rings. The van der Waals surface area contributed by atoms with Crippen molar-refractivity contribution in [1.82, 2.24) is 10.6 Å².